The minimum absolute atomic E-state index is 0.0614. The van der Waals surface area contributed by atoms with Gasteiger partial charge in [-0.05, 0) is 43.7 Å². The molecule has 12 heteroatoms. The smallest absolute Gasteiger partial charge is 0.236 e. The number of pyridine rings is 1. The highest BCUT2D eigenvalue weighted by Gasteiger charge is 2.33. The SMILES string of the molecule is [C-]#[N+]c1ccc(Nc2nc(CSc3nc(N)c([N+]#[C-])c(-c4ccc(OCC5COC(C)(C)O5)cc4)c3C#N)cs2)cc1. The summed E-state index contributed by atoms with van der Waals surface area (Å²) in [5.74, 6) is 0.515. The number of benzene rings is 2. The Balaban J connectivity index is 1.31. The summed E-state index contributed by atoms with van der Waals surface area (Å²) in [6, 6.07) is 16.5. The molecule has 1 fully saturated rings. The van der Waals surface area contributed by atoms with E-state index in [1.165, 1.54) is 23.1 Å². The number of aromatic nitrogens is 2. The van der Waals surface area contributed by atoms with Gasteiger partial charge < -0.3 is 25.3 Å². The molecular formula is C30H25N7O3S2. The molecule has 0 amide bonds. The van der Waals surface area contributed by atoms with E-state index in [9.17, 15) is 5.26 Å². The van der Waals surface area contributed by atoms with Crippen LogP contribution >= 0.6 is 23.1 Å². The molecule has 0 saturated carbocycles. The third-order valence-corrected chi connectivity index (χ3v) is 8.01. The summed E-state index contributed by atoms with van der Waals surface area (Å²) in [6.07, 6.45) is -0.167. The molecule has 5 rings (SSSR count). The molecule has 4 aromatic rings. The van der Waals surface area contributed by atoms with Gasteiger partial charge in [0.2, 0.25) is 5.69 Å². The summed E-state index contributed by atoms with van der Waals surface area (Å²) in [6.45, 7) is 19.3. The molecule has 0 radical (unpaired) electrons. The second-order valence-electron chi connectivity index (χ2n) is 9.63. The van der Waals surface area contributed by atoms with Gasteiger partial charge in [0.1, 0.15) is 35.4 Å². The van der Waals surface area contributed by atoms with Crippen molar-refractivity contribution in [2.45, 2.75) is 36.5 Å². The van der Waals surface area contributed by atoms with Crippen molar-refractivity contribution >= 4 is 51.1 Å². The monoisotopic (exact) mass is 595 g/mol. The number of rotatable bonds is 9. The normalized spacial score (nSPS) is 15.4. The van der Waals surface area contributed by atoms with Crippen LogP contribution in [0.2, 0.25) is 0 Å². The van der Waals surface area contributed by atoms with Crippen molar-refractivity contribution in [1.82, 2.24) is 9.97 Å². The van der Waals surface area contributed by atoms with Gasteiger partial charge in [0.15, 0.2) is 16.6 Å². The molecule has 3 heterocycles. The number of ether oxygens (including phenoxy) is 3. The fraction of sp³-hybridized carbons (Fsp3) is 0.233. The second-order valence-corrected chi connectivity index (χ2v) is 11.4. The Bertz CT molecular complexity index is 1720. The van der Waals surface area contributed by atoms with Crippen LogP contribution in [0.25, 0.3) is 20.8 Å². The molecule has 1 aliphatic heterocycles. The largest absolute Gasteiger partial charge is 0.491 e. The van der Waals surface area contributed by atoms with Crippen molar-refractivity contribution in [2.24, 2.45) is 0 Å². The molecule has 3 N–H and O–H groups in total. The van der Waals surface area contributed by atoms with Gasteiger partial charge in [-0.1, -0.05) is 36.0 Å². The number of nitrogens with one attached hydrogen (secondary N) is 1. The van der Waals surface area contributed by atoms with E-state index in [0.717, 1.165) is 11.4 Å². The van der Waals surface area contributed by atoms with Gasteiger partial charge in [-0.3, -0.25) is 0 Å². The van der Waals surface area contributed by atoms with Gasteiger partial charge in [-0.25, -0.2) is 19.7 Å². The summed E-state index contributed by atoms with van der Waals surface area (Å²) in [4.78, 5) is 16.0. The van der Waals surface area contributed by atoms with Crippen LogP contribution in [-0.4, -0.2) is 35.1 Å². The minimum Gasteiger partial charge on any atom is -0.491 e. The molecule has 0 bridgehead atoms. The first kappa shape index (κ1) is 28.9. The molecule has 1 unspecified atom stereocenters. The predicted octanol–water partition coefficient (Wildman–Crippen LogP) is 7.33. The third kappa shape index (κ3) is 6.63. The predicted molar refractivity (Wildman–Crippen MR) is 163 cm³/mol. The highest BCUT2D eigenvalue weighted by Crippen LogP contribution is 2.42. The van der Waals surface area contributed by atoms with E-state index in [-0.39, 0.29) is 23.2 Å². The highest BCUT2D eigenvalue weighted by atomic mass is 32.2. The van der Waals surface area contributed by atoms with Gasteiger partial charge in [-0.15, -0.1) is 11.3 Å². The number of hydrogen-bond acceptors (Lipinski definition) is 10. The van der Waals surface area contributed by atoms with Crippen LogP contribution in [-0.2, 0) is 15.2 Å². The summed E-state index contributed by atoms with van der Waals surface area (Å²) >= 11 is 2.78. The average Bonchev–Trinajstić information content (AvgIpc) is 3.60. The Labute approximate surface area is 251 Å². The van der Waals surface area contributed by atoms with Crippen LogP contribution in [0.15, 0.2) is 58.9 Å². The van der Waals surface area contributed by atoms with E-state index in [2.05, 4.69) is 31.0 Å². The lowest BCUT2D eigenvalue weighted by atomic mass is 10.00. The third-order valence-electron chi connectivity index (χ3n) is 6.19. The zero-order chi connectivity index (χ0) is 29.7. The van der Waals surface area contributed by atoms with Crippen LogP contribution in [0, 0.1) is 24.5 Å². The van der Waals surface area contributed by atoms with Crippen molar-refractivity contribution in [3.8, 4) is 22.9 Å². The maximum Gasteiger partial charge on any atom is 0.236 e. The topological polar surface area (TPSA) is 124 Å². The van der Waals surface area contributed by atoms with Crippen molar-refractivity contribution < 1.29 is 14.2 Å². The second kappa shape index (κ2) is 12.5. The molecule has 0 aliphatic carbocycles. The first-order valence-corrected chi connectivity index (χ1v) is 14.6. The van der Waals surface area contributed by atoms with Crippen LogP contribution in [0.3, 0.4) is 0 Å². The quantitative estimate of drug-likeness (QED) is 0.151. The number of thiazole rings is 1. The molecule has 42 heavy (non-hydrogen) atoms. The van der Waals surface area contributed by atoms with Gasteiger partial charge >= 0.3 is 0 Å². The molecule has 1 aliphatic rings. The first-order valence-electron chi connectivity index (χ1n) is 12.8. The lowest BCUT2D eigenvalue weighted by Gasteiger charge is -2.17. The maximum absolute atomic E-state index is 10.1. The molecule has 2 aromatic heterocycles. The number of nitrogens with two attached hydrogens (primary N) is 1. The van der Waals surface area contributed by atoms with Crippen molar-refractivity contribution in [3.05, 3.63) is 88.0 Å². The van der Waals surface area contributed by atoms with Crippen LogP contribution in [0.1, 0.15) is 25.1 Å². The highest BCUT2D eigenvalue weighted by molar-refractivity contribution is 7.98. The zero-order valence-electron chi connectivity index (χ0n) is 22.7. The Hall–Kier alpha value is -4.64. The lowest BCUT2D eigenvalue weighted by molar-refractivity contribution is -0.141. The van der Waals surface area contributed by atoms with Gasteiger partial charge in [0, 0.05) is 22.4 Å². The number of thioether (sulfide) groups is 1. The van der Waals surface area contributed by atoms with Gasteiger partial charge in [0.05, 0.1) is 31.0 Å². The van der Waals surface area contributed by atoms with Crippen LogP contribution in [0.4, 0.5) is 28.0 Å². The van der Waals surface area contributed by atoms with Gasteiger partial charge in [-0.2, -0.15) is 5.26 Å². The van der Waals surface area contributed by atoms with Gasteiger partial charge in [0.25, 0.3) is 0 Å². The lowest BCUT2D eigenvalue weighted by Crippen LogP contribution is -2.25. The van der Waals surface area contributed by atoms with Crippen molar-refractivity contribution in [1.29, 1.82) is 5.26 Å². The first-order chi connectivity index (χ1) is 20.3. The summed E-state index contributed by atoms with van der Waals surface area (Å²) in [5, 5.41) is 16.4. The summed E-state index contributed by atoms with van der Waals surface area (Å²) in [5.41, 5.74) is 9.91. The number of nitrogens with zero attached hydrogens (tertiary/aromatic N) is 5. The van der Waals surface area contributed by atoms with E-state index < -0.39 is 5.79 Å². The Kier molecular flexibility index (Phi) is 8.58. The Morgan fingerprint density at radius 2 is 1.93 bits per heavy atom. The van der Waals surface area contributed by atoms with Crippen molar-refractivity contribution in [3.63, 3.8) is 0 Å². The number of anilines is 3. The van der Waals surface area contributed by atoms with E-state index in [1.807, 2.05) is 31.4 Å². The number of nitrogen functional groups attached to an aromatic ring is 1. The molecular weight excluding hydrogens is 571 g/mol. The fourth-order valence-electron chi connectivity index (χ4n) is 4.24. The molecule has 10 nitrogen and oxygen atoms in total. The van der Waals surface area contributed by atoms with E-state index in [4.69, 9.17) is 33.1 Å². The summed E-state index contributed by atoms with van der Waals surface area (Å²) in [7, 11) is 0. The fourth-order valence-corrected chi connectivity index (χ4v) is 5.97. The Morgan fingerprint density at radius 1 is 1.17 bits per heavy atom. The van der Waals surface area contributed by atoms with E-state index in [0.29, 0.717) is 51.7 Å². The number of hydrogen-bond donors (Lipinski definition) is 2. The van der Waals surface area contributed by atoms with E-state index >= 15 is 0 Å². The standard InChI is InChI=1S/C30H25N7O3S2/c1-30(2)39-15-23(40-30)14-38-22-11-5-18(6-12-22)25-24(13-31)28(37-27(32)26(25)34-4)41-16-21-17-42-29(36-21)35-20-9-7-19(33-3)8-10-20/h5-12,17,23H,14-16H2,1-2H3,(H2,32,37)(H,35,36). The molecule has 0 spiro atoms. The van der Waals surface area contributed by atoms with Crippen LogP contribution < -0.4 is 15.8 Å². The number of nitriles is 1. The minimum atomic E-state index is -0.621. The summed E-state index contributed by atoms with van der Waals surface area (Å²) < 4.78 is 17.2. The molecule has 1 saturated heterocycles. The zero-order valence-corrected chi connectivity index (χ0v) is 24.4. The van der Waals surface area contributed by atoms with Crippen molar-refractivity contribution in [2.75, 3.05) is 24.3 Å². The molecule has 1 atom stereocenters. The molecule has 2 aromatic carbocycles. The maximum atomic E-state index is 10.1. The van der Waals surface area contributed by atoms with E-state index in [1.54, 1.807) is 36.4 Å². The average molecular weight is 596 g/mol. The Morgan fingerprint density at radius 3 is 2.57 bits per heavy atom. The molecule has 210 valence electrons. The van der Waals surface area contributed by atoms with Crippen LogP contribution in [0.5, 0.6) is 5.75 Å².